The molecule has 0 saturated heterocycles. The summed E-state index contributed by atoms with van der Waals surface area (Å²) in [5, 5.41) is 9.91. The number of nitrogens with zero attached hydrogens (tertiary/aromatic N) is 1. The van der Waals surface area contributed by atoms with Crippen molar-refractivity contribution in [1.29, 1.82) is 0 Å². The minimum Gasteiger partial charge on any atom is -0.356 e. The zero-order valence-corrected chi connectivity index (χ0v) is 10.1. The number of hydrogen-bond donors (Lipinski definition) is 1. The maximum atomic E-state index is 9.91. The van der Waals surface area contributed by atoms with Crippen LogP contribution < -0.4 is 0 Å². The van der Waals surface area contributed by atoms with Crippen LogP contribution in [0.25, 0.3) is 0 Å². The summed E-state index contributed by atoms with van der Waals surface area (Å²) in [5.74, 6) is 0. The van der Waals surface area contributed by atoms with Gasteiger partial charge < -0.3 is 9.84 Å². The van der Waals surface area contributed by atoms with E-state index in [1.54, 1.807) is 0 Å². The van der Waals surface area contributed by atoms with Gasteiger partial charge in [-0.3, -0.25) is 4.90 Å². The number of allylic oxidation sites excluding steroid dienone is 1. The first-order valence-electron chi connectivity index (χ1n) is 5.74. The number of hydrogen-bond acceptors (Lipinski definition) is 3. The molecule has 1 rings (SSSR count). The Morgan fingerprint density at radius 1 is 1.20 bits per heavy atom. The molecule has 1 aliphatic rings. The molecule has 0 saturated carbocycles. The SMILES string of the molecule is CC(C)(C)OC(O)N1CCC=CCCC1. The Kier molecular flexibility index (Phi) is 4.77. The molecule has 0 aromatic carbocycles. The molecule has 1 aliphatic heterocycles. The first kappa shape index (κ1) is 12.7. The number of ether oxygens (including phenoxy) is 1. The molecule has 1 heterocycles. The van der Waals surface area contributed by atoms with Crippen molar-refractivity contribution in [2.24, 2.45) is 0 Å². The normalized spacial score (nSPS) is 22.1. The third-order valence-corrected chi connectivity index (χ3v) is 2.34. The lowest BCUT2D eigenvalue weighted by Gasteiger charge is -2.32. The van der Waals surface area contributed by atoms with Gasteiger partial charge in [0, 0.05) is 13.1 Å². The van der Waals surface area contributed by atoms with Crippen LogP contribution in [0.2, 0.25) is 0 Å². The van der Waals surface area contributed by atoms with E-state index in [1.807, 2.05) is 25.7 Å². The van der Waals surface area contributed by atoms with E-state index in [-0.39, 0.29) is 5.60 Å². The zero-order valence-electron chi connectivity index (χ0n) is 10.1. The van der Waals surface area contributed by atoms with Gasteiger partial charge in [0.2, 0.25) is 6.41 Å². The summed E-state index contributed by atoms with van der Waals surface area (Å²) >= 11 is 0. The first-order chi connectivity index (χ1) is 6.99. The van der Waals surface area contributed by atoms with Gasteiger partial charge in [-0.25, -0.2) is 0 Å². The van der Waals surface area contributed by atoms with E-state index in [2.05, 4.69) is 12.2 Å². The van der Waals surface area contributed by atoms with E-state index in [0.29, 0.717) is 0 Å². The van der Waals surface area contributed by atoms with Gasteiger partial charge in [0.25, 0.3) is 0 Å². The molecule has 1 unspecified atom stereocenters. The number of aliphatic hydroxyl groups is 1. The van der Waals surface area contributed by atoms with Gasteiger partial charge in [0.05, 0.1) is 5.60 Å². The molecule has 88 valence electrons. The molecule has 0 aromatic heterocycles. The highest BCUT2D eigenvalue weighted by atomic mass is 16.6. The second-order valence-electron chi connectivity index (χ2n) is 4.99. The van der Waals surface area contributed by atoms with Crippen LogP contribution in [0.5, 0.6) is 0 Å². The number of aliphatic hydroxyl groups excluding tert-OH is 1. The van der Waals surface area contributed by atoms with Crippen molar-refractivity contribution < 1.29 is 9.84 Å². The molecule has 3 heteroatoms. The molecule has 0 aromatic rings. The predicted molar refractivity (Wildman–Crippen MR) is 61.4 cm³/mol. The van der Waals surface area contributed by atoms with Crippen LogP contribution in [0.15, 0.2) is 12.2 Å². The van der Waals surface area contributed by atoms with Gasteiger partial charge in [0.15, 0.2) is 0 Å². The highest BCUT2D eigenvalue weighted by molar-refractivity contribution is 4.85. The van der Waals surface area contributed by atoms with Crippen molar-refractivity contribution in [3.63, 3.8) is 0 Å². The Morgan fingerprint density at radius 3 is 2.53 bits per heavy atom. The monoisotopic (exact) mass is 213 g/mol. The molecule has 0 amide bonds. The van der Waals surface area contributed by atoms with Crippen molar-refractivity contribution in [2.75, 3.05) is 13.1 Å². The summed E-state index contributed by atoms with van der Waals surface area (Å²) in [4.78, 5) is 1.99. The van der Waals surface area contributed by atoms with Crippen LogP contribution in [0, 0.1) is 0 Å². The minimum atomic E-state index is -0.767. The summed E-state index contributed by atoms with van der Waals surface area (Å²) in [7, 11) is 0. The quantitative estimate of drug-likeness (QED) is 0.563. The van der Waals surface area contributed by atoms with Crippen molar-refractivity contribution >= 4 is 0 Å². The summed E-state index contributed by atoms with van der Waals surface area (Å²) in [6.45, 7) is 7.65. The van der Waals surface area contributed by atoms with Crippen LogP contribution in [0.3, 0.4) is 0 Å². The van der Waals surface area contributed by atoms with Gasteiger partial charge in [-0.1, -0.05) is 12.2 Å². The molecule has 1 atom stereocenters. The van der Waals surface area contributed by atoms with E-state index >= 15 is 0 Å². The van der Waals surface area contributed by atoms with Crippen LogP contribution in [-0.2, 0) is 4.74 Å². The highest BCUT2D eigenvalue weighted by Crippen LogP contribution is 2.14. The first-order valence-corrected chi connectivity index (χ1v) is 5.74. The highest BCUT2D eigenvalue weighted by Gasteiger charge is 2.22. The smallest absolute Gasteiger partial charge is 0.216 e. The largest absolute Gasteiger partial charge is 0.356 e. The maximum Gasteiger partial charge on any atom is 0.216 e. The minimum absolute atomic E-state index is 0.294. The fourth-order valence-corrected chi connectivity index (χ4v) is 1.61. The summed E-state index contributed by atoms with van der Waals surface area (Å²) in [6, 6.07) is 0. The standard InChI is InChI=1S/C12H23NO2/c1-12(2,3)15-11(14)13-9-7-5-4-6-8-10-13/h4-5,11,14H,6-10H2,1-3H3. The Hall–Kier alpha value is -0.380. The van der Waals surface area contributed by atoms with Gasteiger partial charge in [-0.05, 0) is 40.0 Å². The van der Waals surface area contributed by atoms with Crippen LogP contribution in [-0.4, -0.2) is 35.1 Å². The Balaban J connectivity index is 2.43. The Morgan fingerprint density at radius 2 is 1.87 bits per heavy atom. The van der Waals surface area contributed by atoms with Gasteiger partial charge in [-0.15, -0.1) is 0 Å². The topological polar surface area (TPSA) is 32.7 Å². The van der Waals surface area contributed by atoms with Gasteiger partial charge >= 0.3 is 0 Å². The van der Waals surface area contributed by atoms with Crippen LogP contribution in [0.4, 0.5) is 0 Å². The average Bonchev–Trinajstić information content (AvgIpc) is 1.98. The Labute approximate surface area is 92.7 Å². The van der Waals surface area contributed by atoms with Crippen molar-refractivity contribution in [3.05, 3.63) is 12.2 Å². The van der Waals surface area contributed by atoms with E-state index in [9.17, 15) is 5.11 Å². The molecule has 0 fully saturated rings. The zero-order chi connectivity index (χ0) is 11.3. The van der Waals surface area contributed by atoms with E-state index in [0.717, 1.165) is 32.4 Å². The lowest BCUT2D eigenvalue weighted by Crippen LogP contribution is -2.42. The maximum absolute atomic E-state index is 9.91. The lowest BCUT2D eigenvalue weighted by molar-refractivity contribution is -0.238. The molecule has 0 aliphatic carbocycles. The van der Waals surface area contributed by atoms with E-state index in [1.165, 1.54) is 0 Å². The molecular weight excluding hydrogens is 190 g/mol. The predicted octanol–water partition coefficient (Wildman–Crippen LogP) is 2.12. The molecule has 3 nitrogen and oxygen atoms in total. The second kappa shape index (κ2) is 5.64. The van der Waals surface area contributed by atoms with Crippen molar-refractivity contribution in [1.82, 2.24) is 4.90 Å². The third kappa shape index (κ3) is 5.30. The van der Waals surface area contributed by atoms with E-state index < -0.39 is 6.41 Å². The van der Waals surface area contributed by atoms with Crippen molar-refractivity contribution in [3.8, 4) is 0 Å². The summed E-state index contributed by atoms with van der Waals surface area (Å²) < 4.78 is 5.53. The molecule has 0 bridgehead atoms. The van der Waals surface area contributed by atoms with Gasteiger partial charge in [0.1, 0.15) is 0 Å². The molecule has 1 N–H and O–H groups in total. The molecular formula is C12H23NO2. The average molecular weight is 213 g/mol. The third-order valence-electron chi connectivity index (χ3n) is 2.34. The van der Waals surface area contributed by atoms with E-state index in [4.69, 9.17) is 4.74 Å². The fourth-order valence-electron chi connectivity index (χ4n) is 1.61. The van der Waals surface area contributed by atoms with Crippen LogP contribution in [0.1, 0.15) is 40.0 Å². The Bertz CT molecular complexity index is 208. The fraction of sp³-hybridized carbons (Fsp3) is 0.833. The molecule has 0 spiro atoms. The summed E-state index contributed by atoms with van der Waals surface area (Å²) in [6.07, 6.45) is 6.80. The van der Waals surface area contributed by atoms with Crippen molar-refractivity contribution in [2.45, 2.75) is 52.0 Å². The molecule has 0 radical (unpaired) electrons. The summed E-state index contributed by atoms with van der Waals surface area (Å²) in [5.41, 5.74) is -0.294. The second-order valence-corrected chi connectivity index (χ2v) is 4.99. The van der Waals surface area contributed by atoms with Crippen LogP contribution >= 0.6 is 0 Å². The number of rotatable bonds is 2. The van der Waals surface area contributed by atoms with Gasteiger partial charge in [-0.2, -0.15) is 0 Å². The molecule has 15 heavy (non-hydrogen) atoms. The lowest BCUT2D eigenvalue weighted by atomic mass is 10.2.